The molecule has 1 fully saturated rings. The first-order valence-electron chi connectivity index (χ1n) is 7.86. The molecule has 2 N–H and O–H groups in total. The van der Waals surface area contributed by atoms with E-state index in [1.165, 1.54) is 12.1 Å². The van der Waals surface area contributed by atoms with Gasteiger partial charge < -0.3 is 19.8 Å². The summed E-state index contributed by atoms with van der Waals surface area (Å²) in [6.45, 7) is -0.642. The number of alkyl halides is 3. The first kappa shape index (κ1) is 17.0. The number of halogens is 3. The molecule has 1 aromatic rings. The third kappa shape index (κ3) is 3.05. The van der Waals surface area contributed by atoms with E-state index in [1.54, 1.807) is 6.07 Å². The monoisotopic (exact) mass is 343 g/mol. The van der Waals surface area contributed by atoms with E-state index in [1.807, 2.05) is 13.1 Å². The number of phenolic OH excluding ortho intramolecular Hbond substituents is 1. The Morgan fingerprint density at radius 2 is 2.08 bits per heavy atom. The minimum absolute atomic E-state index is 0.167. The fraction of sp³-hybridized carbons (Fsp3) is 0.529. The molecular formula is C17H20F3NO3. The van der Waals surface area contributed by atoms with Gasteiger partial charge in [-0.3, -0.25) is 0 Å². The van der Waals surface area contributed by atoms with Crippen molar-refractivity contribution in [2.75, 3.05) is 20.2 Å². The van der Waals surface area contributed by atoms with Crippen LogP contribution in [0.15, 0.2) is 30.0 Å². The van der Waals surface area contributed by atoms with Gasteiger partial charge in [0.1, 0.15) is 0 Å². The number of allylic oxidation sites excluding steroid dienone is 1. The Morgan fingerprint density at radius 1 is 1.33 bits per heavy atom. The van der Waals surface area contributed by atoms with E-state index in [4.69, 9.17) is 4.74 Å². The van der Waals surface area contributed by atoms with Crippen molar-refractivity contribution >= 4 is 0 Å². The van der Waals surface area contributed by atoms with Crippen LogP contribution in [0.2, 0.25) is 0 Å². The number of likely N-dealkylation sites (N-methyl/N-ethyl adjacent to an activating group) is 1. The molecule has 0 bridgehead atoms. The van der Waals surface area contributed by atoms with Crippen molar-refractivity contribution in [3.05, 3.63) is 35.5 Å². The van der Waals surface area contributed by atoms with Gasteiger partial charge in [0, 0.05) is 24.7 Å². The third-order valence-corrected chi connectivity index (χ3v) is 4.90. The maximum absolute atomic E-state index is 12.4. The second kappa shape index (κ2) is 5.88. The molecule has 1 saturated heterocycles. The van der Waals surface area contributed by atoms with Crippen LogP contribution in [0.25, 0.3) is 0 Å². The smallest absolute Gasteiger partial charge is 0.422 e. The van der Waals surface area contributed by atoms with Crippen LogP contribution < -0.4 is 4.74 Å². The minimum atomic E-state index is -4.46. The number of fused-ring (bicyclic) bond motifs is 1. The number of hydrogen-bond donors (Lipinski definition) is 2. The van der Waals surface area contributed by atoms with Gasteiger partial charge in [-0.1, -0.05) is 6.07 Å². The number of aromatic hydroxyl groups is 1. The lowest BCUT2D eigenvalue weighted by atomic mass is 9.70. The zero-order valence-corrected chi connectivity index (χ0v) is 13.3. The molecule has 0 saturated carbocycles. The predicted octanol–water partition coefficient (Wildman–Crippen LogP) is 2.95. The molecule has 0 unspecified atom stereocenters. The Morgan fingerprint density at radius 3 is 2.79 bits per heavy atom. The SMILES string of the molecule is CN1CC[C@]2(c3ccc(O)c(OCC(F)(F)F)c3)CC[C@H](O)C=C12. The van der Waals surface area contributed by atoms with E-state index in [2.05, 4.69) is 4.90 Å². The number of ether oxygens (including phenoxy) is 1. The van der Waals surface area contributed by atoms with E-state index < -0.39 is 18.9 Å². The van der Waals surface area contributed by atoms with Crippen LogP contribution in [0.1, 0.15) is 24.8 Å². The van der Waals surface area contributed by atoms with E-state index in [0.29, 0.717) is 12.8 Å². The number of aliphatic hydroxyl groups is 1. The van der Waals surface area contributed by atoms with Gasteiger partial charge >= 0.3 is 6.18 Å². The molecule has 0 amide bonds. The summed E-state index contributed by atoms with van der Waals surface area (Å²) in [6.07, 6.45) is -1.05. The molecule has 7 heteroatoms. The fourth-order valence-electron chi connectivity index (χ4n) is 3.70. The molecule has 0 aromatic heterocycles. The van der Waals surface area contributed by atoms with Crippen molar-refractivity contribution in [1.29, 1.82) is 0 Å². The summed E-state index contributed by atoms with van der Waals surface area (Å²) < 4.78 is 41.9. The first-order valence-corrected chi connectivity index (χ1v) is 7.86. The van der Waals surface area contributed by atoms with E-state index >= 15 is 0 Å². The third-order valence-electron chi connectivity index (χ3n) is 4.90. The van der Waals surface area contributed by atoms with Gasteiger partial charge in [-0.2, -0.15) is 13.2 Å². The van der Waals surface area contributed by atoms with E-state index in [-0.39, 0.29) is 16.9 Å². The normalized spacial score (nSPS) is 27.0. The number of likely N-dealkylation sites (tertiary alicyclic amines) is 1. The number of aliphatic hydroxyl groups excluding tert-OH is 1. The topological polar surface area (TPSA) is 52.9 Å². The van der Waals surface area contributed by atoms with Crippen LogP contribution >= 0.6 is 0 Å². The Balaban J connectivity index is 1.96. The second-order valence-electron chi connectivity index (χ2n) is 6.50. The van der Waals surface area contributed by atoms with Crippen LogP contribution in [-0.2, 0) is 5.41 Å². The first-order chi connectivity index (χ1) is 11.2. The van der Waals surface area contributed by atoms with E-state index in [9.17, 15) is 23.4 Å². The molecule has 3 rings (SSSR count). The highest BCUT2D eigenvalue weighted by molar-refractivity contribution is 5.49. The maximum atomic E-state index is 12.4. The van der Waals surface area contributed by atoms with Crippen LogP contribution in [0.3, 0.4) is 0 Å². The zero-order chi connectivity index (χ0) is 17.5. The number of rotatable bonds is 3. The summed E-state index contributed by atoms with van der Waals surface area (Å²) >= 11 is 0. The molecule has 2 aliphatic rings. The molecule has 1 aliphatic carbocycles. The van der Waals surface area contributed by atoms with Crippen LogP contribution in [0.4, 0.5) is 13.2 Å². The van der Waals surface area contributed by atoms with Crippen molar-refractivity contribution in [2.24, 2.45) is 0 Å². The lowest BCUT2D eigenvalue weighted by Crippen LogP contribution is -2.33. The molecule has 1 aromatic carbocycles. The average molecular weight is 343 g/mol. The zero-order valence-electron chi connectivity index (χ0n) is 13.3. The van der Waals surface area contributed by atoms with Gasteiger partial charge in [-0.25, -0.2) is 0 Å². The van der Waals surface area contributed by atoms with Gasteiger partial charge in [0.2, 0.25) is 0 Å². The average Bonchev–Trinajstić information content (AvgIpc) is 2.84. The van der Waals surface area contributed by atoms with E-state index in [0.717, 1.165) is 24.2 Å². The van der Waals surface area contributed by atoms with Crippen molar-refractivity contribution in [2.45, 2.75) is 37.0 Å². The Bertz CT molecular complexity index is 659. The molecule has 1 aliphatic heterocycles. The lowest BCUT2D eigenvalue weighted by molar-refractivity contribution is -0.153. The largest absolute Gasteiger partial charge is 0.504 e. The van der Waals surface area contributed by atoms with Gasteiger partial charge in [-0.15, -0.1) is 0 Å². The molecule has 2 atom stereocenters. The van der Waals surface area contributed by atoms with Crippen molar-refractivity contribution in [1.82, 2.24) is 4.90 Å². The molecule has 24 heavy (non-hydrogen) atoms. The summed E-state index contributed by atoms with van der Waals surface area (Å²) in [4.78, 5) is 2.06. The lowest BCUT2D eigenvalue weighted by Gasteiger charge is -2.37. The standard InChI is InChI=1S/C17H20F3NO3/c1-21-7-6-16(5-4-12(22)9-15(16)21)11-2-3-13(23)14(8-11)24-10-17(18,19)20/h2-3,8-9,12,22-23H,4-7,10H2,1H3/t12-,16-/m0/s1. The highest BCUT2D eigenvalue weighted by Gasteiger charge is 2.45. The van der Waals surface area contributed by atoms with Crippen molar-refractivity contribution < 1.29 is 28.1 Å². The maximum Gasteiger partial charge on any atom is 0.422 e. The van der Waals surface area contributed by atoms with Gasteiger partial charge in [0.05, 0.1) is 6.10 Å². The van der Waals surface area contributed by atoms with Crippen molar-refractivity contribution in [3.63, 3.8) is 0 Å². The predicted molar refractivity (Wildman–Crippen MR) is 81.9 cm³/mol. The molecule has 1 heterocycles. The second-order valence-corrected chi connectivity index (χ2v) is 6.50. The van der Waals surface area contributed by atoms with Gasteiger partial charge in [-0.05, 0) is 43.0 Å². The number of benzene rings is 1. The Kier molecular flexibility index (Phi) is 4.15. The van der Waals surface area contributed by atoms with Crippen LogP contribution in [0.5, 0.6) is 11.5 Å². The molecule has 0 spiro atoms. The molecule has 0 radical (unpaired) electrons. The summed E-state index contributed by atoms with van der Waals surface area (Å²) in [7, 11) is 1.94. The van der Waals surface area contributed by atoms with Crippen LogP contribution in [0, 0.1) is 0 Å². The molecule has 132 valence electrons. The fourth-order valence-corrected chi connectivity index (χ4v) is 3.70. The number of nitrogens with zero attached hydrogens (tertiary/aromatic N) is 1. The van der Waals surface area contributed by atoms with Gasteiger partial charge in [0.15, 0.2) is 18.1 Å². The van der Waals surface area contributed by atoms with Gasteiger partial charge in [0.25, 0.3) is 0 Å². The highest BCUT2D eigenvalue weighted by Crippen LogP contribution is 2.50. The summed E-state index contributed by atoms with van der Waals surface area (Å²) in [5.41, 5.74) is 1.44. The summed E-state index contributed by atoms with van der Waals surface area (Å²) in [6, 6.07) is 4.59. The van der Waals surface area contributed by atoms with Crippen LogP contribution in [-0.4, -0.2) is 47.6 Å². The quantitative estimate of drug-likeness (QED) is 0.886. The summed E-state index contributed by atoms with van der Waals surface area (Å²) in [5.74, 6) is -0.480. The molecule has 4 nitrogen and oxygen atoms in total. The Labute approximate surface area is 138 Å². The minimum Gasteiger partial charge on any atom is -0.504 e. The highest BCUT2D eigenvalue weighted by atomic mass is 19.4. The molecular weight excluding hydrogens is 323 g/mol. The number of phenols is 1. The number of hydrogen-bond acceptors (Lipinski definition) is 4. The Hall–Kier alpha value is -1.89. The van der Waals surface area contributed by atoms with Crippen molar-refractivity contribution in [3.8, 4) is 11.5 Å². The summed E-state index contributed by atoms with van der Waals surface area (Å²) in [5, 5.41) is 19.7.